The van der Waals surface area contributed by atoms with Crippen molar-refractivity contribution in [1.29, 1.82) is 0 Å². The molecule has 6 nitrogen and oxygen atoms in total. The molecule has 0 aromatic heterocycles. The van der Waals surface area contributed by atoms with Gasteiger partial charge in [0.1, 0.15) is 12.3 Å². The predicted octanol–water partition coefficient (Wildman–Crippen LogP) is 3.65. The molecule has 2 aromatic rings. The molecule has 1 aliphatic carbocycles. The van der Waals surface area contributed by atoms with Crippen molar-refractivity contribution < 1.29 is 17.9 Å². The van der Waals surface area contributed by atoms with Gasteiger partial charge in [-0.2, -0.15) is 0 Å². The fraction of sp³-hybridized carbons (Fsp3) is 0.409. The average Bonchev–Trinajstić information content (AvgIpc) is 2.73. The zero-order valence-corrected chi connectivity index (χ0v) is 17.7. The molecule has 0 aliphatic heterocycles. The number of aryl methyl sites for hydroxylation is 1. The minimum absolute atomic E-state index is 0.109. The first-order chi connectivity index (χ1) is 13.9. The third-order valence-electron chi connectivity index (χ3n) is 5.22. The van der Waals surface area contributed by atoms with Crippen LogP contribution in [0.4, 0.5) is 5.69 Å². The van der Waals surface area contributed by atoms with Crippen LogP contribution in [0.2, 0.25) is 0 Å². The van der Waals surface area contributed by atoms with Gasteiger partial charge in [0.25, 0.3) is 10.0 Å². The van der Waals surface area contributed by atoms with Crippen molar-refractivity contribution in [2.75, 3.05) is 18.0 Å². The van der Waals surface area contributed by atoms with Crippen LogP contribution >= 0.6 is 0 Å². The van der Waals surface area contributed by atoms with Crippen molar-refractivity contribution >= 4 is 21.6 Å². The minimum atomic E-state index is -3.95. The van der Waals surface area contributed by atoms with E-state index in [0.717, 1.165) is 35.6 Å². The Hall–Kier alpha value is -2.54. The van der Waals surface area contributed by atoms with Crippen LogP contribution in [-0.4, -0.2) is 34.0 Å². The molecule has 1 aliphatic rings. The number of carbonyl (C=O) groups is 1. The molecule has 3 rings (SSSR count). The Morgan fingerprint density at radius 3 is 2.38 bits per heavy atom. The van der Waals surface area contributed by atoms with Gasteiger partial charge in [0.15, 0.2) is 0 Å². The average molecular weight is 417 g/mol. The Kier molecular flexibility index (Phi) is 6.79. The van der Waals surface area contributed by atoms with E-state index >= 15 is 0 Å². The van der Waals surface area contributed by atoms with Gasteiger partial charge in [-0.1, -0.05) is 49.1 Å². The highest BCUT2D eigenvalue weighted by atomic mass is 32.2. The third kappa shape index (κ3) is 5.09. The topological polar surface area (TPSA) is 75.7 Å². The SMILES string of the molecule is COc1ccccc1N(CC(=O)NC1CCCCC1)S(=O)(=O)c1ccc(C)cc1. The second kappa shape index (κ2) is 9.31. The molecule has 2 aromatic carbocycles. The summed E-state index contributed by atoms with van der Waals surface area (Å²) < 4.78 is 33.4. The molecule has 0 radical (unpaired) electrons. The highest BCUT2D eigenvalue weighted by Crippen LogP contribution is 2.32. The maximum absolute atomic E-state index is 13.4. The first-order valence-corrected chi connectivity index (χ1v) is 11.4. The lowest BCUT2D eigenvalue weighted by Crippen LogP contribution is -2.45. The van der Waals surface area contributed by atoms with E-state index in [9.17, 15) is 13.2 Å². The summed E-state index contributed by atoms with van der Waals surface area (Å²) in [5.74, 6) is 0.0899. The van der Waals surface area contributed by atoms with E-state index < -0.39 is 10.0 Å². The number of amides is 1. The number of benzene rings is 2. The molecule has 156 valence electrons. The van der Waals surface area contributed by atoms with Crippen LogP contribution in [0.1, 0.15) is 37.7 Å². The summed E-state index contributed by atoms with van der Waals surface area (Å²) in [4.78, 5) is 12.9. The monoisotopic (exact) mass is 416 g/mol. The van der Waals surface area contributed by atoms with Crippen molar-refractivity contribution in [3.05, 3.63) is 54.1 Å². The zero-order chi connectivity index (χ0) is 20.9. The number of sulfonamides is 1. The number of para-hydroxylation sites is 2. The van der Waals surface area contributed by atoms with Crippen LogP contribution in [0.5, 0.6) is 5.75 Å². The lowest BCUT2D eigenvalue weighted by molar-refractivity contribution is -0.120. The van der Waals surface area contributed by atoms with Crippen LogP contribution < -0.4 is 14.4 Å². The maximum Gasteiger partial charge on any atom is 0.264 e. The maximum atomic E-state index is 13.4. The number of hydrogen-bond acceptors (Lipinski definition) is 4. The van der Waals surface area contributed by atoms with Gasteiger partial charge >= 0.3 is 0 Å². The van der Waals surface area contributed by atoms with Crippen molar-refractivity contribution in [3.8, 4) is 5.75 Å². The summed E-state index contributed by atoms with van der Waals surface area (Å²) in [6, 6.07) is 13.6. The van der Waals surface area contributed by atoms with E-state index in [2.05, 4.69) is 5.32 Å². The van der Waals surface area contributed by atoms with Gasteiger partial charge in [-0.05, 0) is 44.0 Å². The Labute approximate surface area is 172 Å². The number of ether oxygens (including phenoxy) is 1. The normalized spacial score (nSPS) is 15.0. The smallest absolute Gasteiger partial charge is 0.264 e. The number of nitrogens with one attached hydrogen (secondary N) is 1. The quantitative estimate of drug-likeness (QED) is 0.748. The van der Waals surface area contributed by atoms with E-state index in [4.69, 9.17) is 4.74 Å². The Morgan fingerprint density at radius 2 is 1.72 bits per heavy atom. The Bertz CT molecular complexity index is 936. The van der Waals surface area contributed by atoms with Gasteiger partial charge in [-0.25, -0.2) is 8.42 Å². The largest absolute Gasteiger partial charge is 0.495 e. The highest BCUT2D eigenvalue weighted by molar-refractivity contribution is 7.92. The molecule has 0 unspecified atom stereocenters. The van der Waals surface area contributed by atoms with E-state index in [0.29, 0.717) is 11.4 Å². The predicted molar refractivity (Wildman–Crippen MR) is 114 cm³/mol. The number of methoxy groups -OCH3 is 1. The number of carbonyl (C=O) groups excluding carboxylic acids is 1. The first-order valence-electron chi connectivity index (χ1n) is 9.93. The molecular weight excluding hydrogens is 388 g/mol. The van der Waals surface area contributed by atoms with Crippen LogP contribution in [0.15, 0.2) is 53.4 Å². The van der Waals surface area contributed by atoms with Gasteiger partial charge in [0, 0.05) is 6.04 Å². The van der Waals surface area contributed by atoms with Crippen LogP contribution in [-0.2, 0) is 14.8 Å². The van der Waals surface area contributed by atoms with E-state index in [1.165, 1.54) is 13.5 Å². The summed E-state index contributed by atoms with van der Waals surface area (Å²) in [7, 11) is -2.46. The Morgan fingerprint density at radius 1 is 1.07 bits per heavy atom. The standard InChI is InChI=1S/C22H28N2O4S/c1-17-12-14-19(15-13-17)29(26,27)24(20-10-6-7-11-21(20)28-2)16-22(25)23-18-8-4-3-5-9-18/h6-7,10-15,18H,3-5,8-9,16H2,1-2H3,(H,23,25). The molecule has 7 heteroatoms. The van der Waals surface area contributed by atoms with Gasteiger partial charge in [0.2, 0.25) is 5.91 Å². The van der Waals surface area contributed by atoms with Crippen LogP contribution in [0.25, 0.3) is 0 Å². The highest BCUT2D eigenvalue weighted by Gasteiger charge is 2.30. The van der Waals surface area contributed by atoms with Crippen LogP contribution in [0.3, 0.4) is 0 Å². The lowest BCUT2D eigenvalue weighted by atomic mass is 9.95. The molecule has 0 saturated heterocycles. The van der Waals surface area contributed by atoms with E-state index in [1.807, 2.05) is 6.92 Å². The summed E-state index contributed by atoms with van der Waals surface area (Å²) in [5, 5.41) is 3.00. The van der Waals surface area contributed by atoms with Crippen molar-refractivity contribution in [2.45, 2.75) is 50.0 Å². The molecule has 0 heterocycles. The summed E-state index contributed by atoms with van der Waals surface area (Å²) >= 11 is 0. The third-order valence-corrected chi connectivity index (χ3v) is 6.99. The second-order valence-electron chi connectivity index (χ2n) is 7.40. The molecular formula is C22H28N2O4S. The molecule has 1 fully saturated rings. The number of rotatable bonds is 7. The second-order valence-corrected chi connectivity index (χ2v) is 9.26. The summed E-state index contributed by atoms with van der Waals surface area (Å²) in [5.41, 5.74) is 1.30. The molecule has 1 N–H and O–H groups in total. The first kappa shape index (κ1) is 21.2. The molecule has 1 amide bonds. The van der Waals surface area contributed by atoms with Gasteiger partial charge in [-0.3, -0.25) is 9.10 Å². The number of nitrogens with zero attached hydrogens (tertiary/aromatic N) is 1. The molecule has 1 saturated carbocycles. The molecule has 29 heavy (non-hydrogen) atoms. The van der Waals surface area contributed by atoms with Gasteiger partial charge < -0.3 is 10.1 Å². The molecule has 0 spiro atoms. The lowest BCUT2D eigenvalue weighted by Gasteiger charge is -2.28. The summed E-state index contributed by atoms with van der Waals surface area (Å²) in [6.07, 6.45) is 5.23. The minimum Gasteiger partial charge on any atom is -0.495 e. The summed E-state index contributed by atoms with van der Waals surface area (Å²) in [6.45, 7) is 1.60. The fourth-order valence-corrected chi connectivity index (χ4v) is 5.06. The van der Waals surface area contributed by atoms with E-state index in [1.54, 1.807) is 48.5 Å². The number of anilines is 1. The van der Waals surface area contributed by atoms with Crippen molar-refractivity contribution in [3.63, 3.8) is 0 Å². The van der Waals surface area contributed by atoms with Crippen molar-refractivity contribution in [2.24, 2.45) is 0 Å². The number of hydrogen-bond donors (Lipinski definition) is 1. The fourth-order valence-electron chi connectivity index (χ4n) is 3.62. The Balaban J connectivity index is 1.93. The zero-order valence-electron chi connectivity index (χ0n) is 16.9. The van der Waals surface area contributed by atoms with Crippen LogP contribution in [0, 0.1) is 6.92 Å². The molecule has 0 atom stereocenters. The van der Waals surface area contributed by atoms with E-state index in [-0.39, 0.29) is 23.4 Å². The van der Waals surface area contributed by atoms with Gasteiger partial charge in [-0.15, -0.1) is 0 Å². The molecule has 0 bridgehead atoms. The van der Waals surface area contributed by atoms with Gasteiger partial charge in [0.05, 0.1) is 17.7 Å². The van der Waals surface area contributed by atoms with Crippen molar-refractivity contribution in [1.82, 2.24) is 5.32 Å².